The van der Waals surface area contributed by atoms with Crippen molar-refractivity contribution in [1.29, 1.82) is 0 Å². The topological polar surface area (TPSA) is 122 Å². The molecule has 0 fully saturated rings. The zero-order valence-corrected chi connectivity index (χ0v) is 20.8. The van der Waals surface area contributed by atoms with Gasteiger partial charge in [-0.1, -0.05) is 6.07 Å². The molecule has 35 heavy (non-hydrogen) atoms. The van der Waals surface area contributed by atoms with Crippen molar-refractivity contribution in [3.63, 3.8) is 0 Å². The van der Waals surface area contributed by atoms with Gasteiger partial charge in [0.05, 0.1) is 9.79 Å². The number of aryl methyl sites for hydroxylation is 1. The van der Waals surface area contributed by atoms with Crippen molar-refractivity contribution < 1.29 is 30.8 Å². The summed E-state index contributed by atoms with van der Waals surface area (Å²) in [6, 6.07) is 14.7. The number of hydrogen-bond acceptors (Lipinski definition) is 6. The number of nitrogens with one attached hydrogen (secondary N) is 2. The van der Waals surface area contributed by atoms with Crippen LogP contribution in [0.2, 0.25) is 0 Å². The lowest BCUT2D eigenvalue weighted by Gasteiger charge is -2.14. The Labute approximate surface area is 203 Å². The van der Waals surface area contributed by atoms with Gasteiger partial charge in [0.2, 0.25) is 10.0 Å². The summed E-state index contributed by atoms with van der Waals surface area (Å²) in [5, 5.41) is 2.62. The van der Waals surface area contributed by atoms with Crippen LogP contribution in [0.5, 0.6) is 5.75 Å². The summed E-state index contributed by atoms with van der Waals surface area (Å²) in [5.41, 5.74) is 1.20. The summed E-state index contributed by atoms with van der Waals surface area (Å²) < 4.78 is 71.5. The van der Waals surface area contributed by atoms with Gasteiger partial charge in [-0.3, -0.25) is 9.52 Å². The number of sulfonamides is 2. The Morgan fingerprint density at radius 3 is 2.11 bits per heavy atom. The summed E-state index contributed by atoms with van der Waals surface area (Å²) >= 11 is 0. The van der Waals surface area contributed by atoms with Crippen LogP contribution in [0.1, 0.15) is 5.56 Å². The zero-order chi connectivity index (χ0) is 25.8. The van der Waals surface area contributed by atoms with E-state index in [1.165, 1.54) is 62.6 Å². The minimum Gasteiger partial charge on any atom is -0.484 e. The van der Waals surface area contributed by atoms with Gasteiger partial charge in [-0.25, -0.2) is 25.5 Å². The molecule has 3 aromatic carbocycles. The highest BCUT2D eigenvalue weighted by atomic mass is 32.2. The van der Waals surface area contributed by atoms with Gasteiger partial charge in [0, 0.05) is 25.5 Å². The molecule has 0 radical (unpaired) electrons. The maximum Gasteiger partial charge on any atom is 0.262 e. The number of nitrogens with zero attached hydrogens (tertiary/aromatic N) is 1. The van der Waals surface area contributed by atoms with Crippen molar-refractivity contribution in [1.82, 2.24) is 4.31 Å². The molecule has 0 atom stereocenters. The lowest BCUT2D eigenvalue weighted by atomic mass is 10.2. The Kier molecular flexibility index (Phi) is 7.78. The minimum atomic E-state index is -3.90. The van der Waals surface area contributed by atoms with Crippen LogP contribution >= 0.6 is 0 Å². The van der Waals surface area contributed by atoms with Crippen molar-refractivity contribution in [2.75, 3.05) is 30.7 Å². The van der Waals surface area contributed by atoms with Crippen LogP contribution in [0.4, 0.5) is 15.8 Å². The van der Waals surface area contributed by atoms with Crippen molar-refractivity contribution in [2.24, 2.45) is 0 Å². The fourth-order valence-corrected chi connectivity index (χ4v) is 4.88. The van der Waals surface area contributed by atoms with Gasteiger partial charge in [0.1, 0.15) is 11.6 Å². The predicted molar refractivity (Wildman–Crippen MR) is 130 cm³/mol. The third kappa shape index (κ3) is 6.56. The molecular formula is C23H24FN3O6S2. The number of hydrogen-bond donors (Lipinski definition) is 2. The molecule has 12 heteroatoms. The highest BCUT2D eigenvalue weighted by molar-refractivity contribution is 7.92. The standard InChI is InChI=1S/C23H24FN3O6S2/c1-16-4-11-21(35(31,32)27(2)3)14-22(16)25-23(28)15-33-19-9-12-20(13-10-19)34(29,30)26-18-7-5-17(24)6-8-18/h4-14,26H,15H2,1-3H3,(H,25,28). The average Bonchev–Trinajstić information content (AvgIpc) is 2.80. The molecule has 0 heterocycles. The molecule has 0 spiro atoms. The Bertz CT molecular complexity index is 1420. The number of rotatable bonds is 9. The van der Waals surface area contributed by atoms with Crippen LogP contribution in [0.25, 0.3) is 0 Å². The molecule has 0 saturated heterocycles. The molecule has 0 aliphatic carbocycles. The molecule has 186 valence electrons. The minimum absolute atomic E-state index is 0.0374. The van der Waals surface area contributed by atoms with E-state index >= 15 is 0 Å². The maximum absolute atomic E-state index is 13.0. The fraction of sp³-hybridized carbons (Fsp3) is 0.174. The van der Waals surface area contributed by atoms with Crippen LogP contribution in [0.15, 0.2) is 76.5 Å². The van der Waals surface area contributed by atoms with Gasteiger partial charge < -0.3 is 10.1 Å². The van der Waals surface area contributed by atoms with E-state index in [9.17, 15) is 26.0 Å². The first-order valence-electron chi connectivity index (χ1n) is 10.2. The lowest BCUT2D eigenvalue weighted by molar-refractivity contribution is -0.118. The zero-order valence-electron chi connectivity index (χ0n) is 19.1. The van der Waals surface area contributed by atoms with Gasteiger partial charge in [0.25, 0.3) is 15.9 Å². The van der Waals surface area contributed by atoms with Crippen molar-refractivity contribution >= 4 is 37.3 Å². The normalized spacial score (nSPS) is 11.8. The lowest BCUT2D eigenvalue weighted by Crippen LogP contribution is -2.23. The molecule has 0 unspecified atom stereocenters. The van der Waals surface area contributed by atoms with Crippen LogP contribution < -0.4 is 14.8 Å². The van der Waals surface area contributed by atoms with E-state index in [-0.39, 0.29) is 27.8 Å². The SMILES string of the molecule is Cc1ccc(S(=O)(=O)N(C)C)cc1NC(=O)COc1ccc(S(=O)(=O)Nc2ccc(F)cc2)cc1. The Morgan fingerprint density at radius 1 is 0.914 bits per heavy atom. The largest absolute Gasteiger partial charge is 0.484 e. The van der Waals surface area contributed by atoms with Crippen LogP contribution in [0.3, 0.4) is 0 Å². The third-order valence-corrected chi connectivity index (χ3v) is 8.07. The van der Waals surface area contributed by atoms with Crippen LogP contribution in [0, 0.1) is 12.7 Å². The fourth-order valence-electron chi connectivity index (χ4n) is 2.89. The molecule has 3 aromatic rings. The molecule has 1 amide bonds. The Hall–Kier alpha value is -3.48. The second-order valence-corrected chi connectivity index (χ2v) is 11.5. The molecule has 9 nitrogen and oxygen atoms in total. The van der Waals surface area contributed by atoms with E-state index in [1.54, 1.807) is 13.0 Å². The summed E-state index contributed by atoms with van der Waals surface area (Å²) in [6.07, 6.45) is 0. The number of anilines is 2. The summed E-state index contributed by atoms with van der Waals surface area (Å²) in [7, 11) is -4.74. The molecule has 0 saturated carbocycles. The van der Waals surface area contributed by atoms with E-state index in [1.807, 2.05) is 0 Å². The number of halogens is 1. The summed E-state index contributed by atoms with van der Waals surface area (Å²) in [4.78, 5) is 12.3. The van der Waals surface area contributed by atoms with Gasteiger partial charge in [-0.15, -0.1) is 0 Å². The quantitative estimate of drug-likeness (QED) is 0.446. The number of carbonyl (C=O) groups excluding carboxylic acids is 1. The molecular weight excluding hydrogens is 497 g/mol. The highest BCUT2D eigenvalue weighted by Gasteiger charge is 2.19. The highest BCUT2D eigenvalue weighted by Crippen LogP contribution is 2.23. The van der Waals surface area contributed by atoms with Gasteiger partial charge in [-0.05, 0) is 73.2 Å². The first-order chi connectivity index (χ1) is 16.4. The Balaban J connectivity index is 1.62. The molecule has 0 aromatic heterocycles. The number of carbonyl (C=O) groups is 1. The third-order valence-electron chi connectivity index (χ3n) is 4.86. The van der Waals surface area contributed by atoms with Crippen molar-refractivity contribution in [3.8, 4) is 5.75 Å². The number of ether oxygens (including phenoxy) is 1. The molecule has 2 N–H and O–H groups in total. The van der Waals surface area contributed by atoms with Crippen LogP contribution in [-0.2, 0) is 24.8 Å². The monoisotopic (exact) mass is 521 g/mol. The second kappa shape index (κ2) is 10.4. The van der Waals surface area contributed by atoms with Gasteiger partial charge >= 0.3 is 0 Å². The van der Waals surface area contributed by atoms with Crippen molar-refractivity contribution in [2.45, 2.75) is 16.7 Å². The first kappa shape index (κ1) is 26.1. The molecule has 0 bridgehead atoms. The Morgan fingerprint density at radius 2 is 1.51 bits per heavy atom. The van der Waals surface area contributed by atoms with Crippen LogP contribution in [-0.4, -0.2) is 47.8 Å². The van der Waals surface area contributed by atoms with E-state index in [0.29, 0.717) is 11.3 Å². The van der Waals surface area contributed by atoms with E-state index < -0.39 is 31.8 Å². The van der Waals surface area contributed by atoms with E-state index in [4.69, 9.17) is 4.74 Å². The smallest absolute Gasteiger partial charge is 0.262 e. The first-order valence-corrected chi connectivity index (χ1v) is 13.1. The van der Waals surface area contributed by atoms with Gasteiger partial charge in [0.15, 0.2) is 6.61 Å². The second-order valence-electron chi connectivity index (χ2n) is 7.68. The molecule has 3 rings (SSSR count). The maximum atomic E-state index is 13.0. The summed E-state index contributed by atoms with van der Waals surface area (Å²) in [6.45, 7) is 1.34. The average molecular weight is 522 g/mol. The predicted octanol–water partition coefficient (Wildman–Crippen LogP) is 3.20. The van der Waals surface area contributed by atoms with E-state index in [0.717, 1.165) is 16.4 Å². The van der Waals surface area contributed by atoms with Crippen molar-refractivity contribution in [3.05, 3.63) is 78.1 Å². The van der Waals surface area contributed by atoms with E-state index in [2.05, 4.69) is 10.0 Å². The summed E-state index contributed by atoms with van der Waals surface area (Å²) in [5.74, 6) is -0.760. The molecule has 0 aliphatic rings. The number of benzene rings is 3. The molecule has 0 aliphatic heterocycles. The van der Waals surface area contributed by atoms with Gasteiger partial charge in [-0.2, -0.15) is 0 Å². The number of amides is 1.